The Bertz CT molecular complexity index is 934. The lowest BCUT2D eigenvalue weighted by molar-refractivity contribution is 0.195. The van der Waals surface area contributed by atoms with Crippen LogP contribution < -0.4 is 10.6 Å². The van der Waals surface area contributed by atoms with Gasteiger partial charge in [0.25, 0.3) is 0 Å². The maximum Gasteiger partial charge on any atom is 0.191 e. The van der Waals surface area contributed by atoms with Gasteiger partial charge in [0.15, 0.2) is 11.8 Å². The van der Waals surface area contributed by atoms with Crippen LogP contribution in [0.3, 0.4) is 0 Å². The van der Waals surface area contributed by atoms with Gasteiger partial charge in [0.05, 0.1) is 0 Å². The van der Waals surface area contributed by atoms with Crippen LogP contribution in [0, 0.1) is 6.92 Å². The molecular weight excluding hydrogens is 493 g/mol. The Morgan fingerprint density at radius 1 is 1.10 bits per heavy atom. The number of fused-ring (bicyclic) bond motifs is 1. The SMILES string of the molecule is COCCCNC(=NCc1nnc(C)n1C)NCCCn1ccc2ccccc21.I. The molecule has 0 unspecified atom stereocenters. The molecule has 1 aromatic carbocycles. The van der Waals surface area contributed by atoms with E-state index in [1.165, 1.54) is 10.9 Å². The number of rotatable bonds is 10. The van der Waals surface area contributed by atoms with Crippen molar-refractivity contribution in [2.24, 2.45) is 12.0 Å². The molecule has 0 fully saturated rings. The summed E-state index contributed by atoms with van der Waals surface area (Å²) in [7, 11) is 3.68. The Labute approximate surface area is 195 Å². The number of nitrogens with one attached hydrogen (secondary N) is 2. The molecule has 0 saturated carbocycles. The van der Waals surface area contributed by atoms with Crippen molar-refractivity contribution in [3.63, 3.8) is 0 Å². The Kier molecular flexibility index (Phi) is 10.1. The zero-order chi connectivity index (χ0) is 20.5. The Morgan fingerprint density at radius 3 is 2.60 bits per heavy atom. The molecule has 3 aromatic rings. The molecule has 0 aliphatic rings. The zero-order valence-corrected chi connectivity index (χ0v) is 20.3. The summed E-state index contributed by atoms with van der Waals surface area (Å²) in [6.07, 6.45) is 4.08. The third-order valence-electron chi connectivity index (χ3n) is 4.93. The largest absolute Gasteiger partial charge is 0.385 e. The van der Waals surface area contributed by atoms with E-state index in [9.17, 15) is 0 Å². The van der Waals surface area contributed by atoms with Crippen LogP contribution in [0.4, 0.5) is 0 Å². The molecule has 0 saturated heterocycles. The highest BCUT2D eigenvalue weighted by Crippen LogP contribution is 2.15. The van der Waals surface area contributed by atoms with Crippen LogP contribution in [0.25, 0.3) is 10.9 Å². The van der Waals surface area contributed by atoms with E-state index in [1.807, 2.05) is 18.5 Å². The number of ether oxygens (including phenoxy) is 1. The summed E-state index contributed by atoms with van der Waals surface area (Å²) in [5.41, 5.74) is 1.27. The molecule has 164 valence electrons. The lowest BCUT2D eigenvalue weighted by Gasteiger charge is -2.13. The summed E-state index contributed by atoms with van der Waals surface area (Å²) in [5.74, 6) is 2.52. The number of aryl methyl sites for hydroxylation is 2. The first-order valence-electron chi connectivity index (χ1n) is 10.1. The predicted molar refractivity (Wildman–Crippen MR) is 131 cm³/mol. The van der Waals surface area contributed by atoms with Crippen LogP contribution in [0.1, 0.15) is 24.5 Å². The van der Waals surface area contributed by atoms with Crippen molar-refractivity contribution in [2.45, 2.75) is 32.9 Å². The van der Waals surface area contributed by atoms with Crippen LogP contribution in [-0.2, 0) is 24.9 Å². The molecule has 8 nitrogen and oxygen atoms in total. The topological polar surface area (TPSA) is 81.3 Å². The average molecular weight is 525 g/mol. The van der Waals surface area contributed by atoms with Gasteiger partial charge in [-0.15, -0.1) is 34.2 Å². The maximum absolute atomic E-state index is 5.12. The summed E-state index contributed by atoms with van der Waals surface area (Å²) < 4.78 is 9.38. The summed E-state index contributed by atoms with van der Waals surface area (Å²) in [4.78, 5) is 4.67. The van der Waals surface area contributed by atoms with E-state index in [2.05, 4.69) is 66.9 Å². The van der Waals surface area contributed by atoms with Crippen molar-refractivity contribution in [1.29, 1.82) is 0 Å². The number of methoxy groups -OCH3 is 1. The fraction of sp³-hybridized carbons (Fsp3) is 0.476. The van der Waals surface area contributed by atoms with E-state index in [0.29, 0.717) is 6.54 Å². The highest BCUT2D eigenvalue weighted by molar-refractivity contribution is 14.0. The van der Waals surface area contributed by atoms with Crippen molar-refractivity contribution in [2.75, 3.05) is 26.8 Å². The van der Waals surface area contributed by atoms with E-state index < -0.39 is 0 Å². The first kappa shape index (κ1) is 24.1. The Balaban J connectivity index is 0.00000320. The maximum atomic E-state index is 5.12. The first-order valence-corrected chi connectivity index (χ1v) is 10.1. The molecule has 2 aromatic heterocycles. The minimum atomic E-state index is 0. The third kappa shape index (κ3) is 6.69. The van der Waals surface area contributed by atoms with Gasteiger partial charge in [0.2, 0.25) is 0 Å². The number of guanidine groups is 1. The second kappa shape index (κ2) is 12.5. The van der Waals surface area contributed by atoms with E-state index in [4.69, 9.17) is 4.74 Å². The normalized spacial score (nSPS) is 11.5. The van der Waals surface area contributed by atoms with Gasteiger partial charge in [-0.3, -0.25) is 0 Å². The van der Waals surface area contributed by atoms with Gasteiger partial charge in [-0.05, 0) is 37.3 Å². The first-order chi connectivity index (χ1) is 14.2. The summed E-state index contributed by atoms with van der Waals surface area (Å²) in [5, 5.41) is 16.4. The Hall–Kier alpha value is -2.14. The van der Waals surface area contributed by atoms with Crippen molar-refractivity contribution in [3.8, 4) is 0 Å². The van der Waals surface area contributed by atoms with Gasteiger partial charge < -0.3 is 24.5 Å². The monoisotopic (exact) mass is 525 g/mol. The van der Waals surface area contributed by atoms with Gasteiger partial charge in [-0.25, -0.2) is 4.99 Å². The van der Waals surface area contributed by atoms with Crippen molar-refractivity contribution in [3.05, 3.63) is 48.2 Å². The second-order valence-electron chi connectivity index (χ2n) is 7.01. The average Bonchev–Trinajstić information content (AvgIpc) is 3.29. The molecule has 0 aliphatic heterocycles. The number of aliphatic imine (C=N–C) groups is 1. The fourth-order valence-corrected chi connectivity index (χ4v) is 3.13. The van der Waals surface area contributed by atoms with Crippen molar-refractivity contribution in [1.82, 2.24) is 30.0 Å². The molecule has 9 heteroatoms. The molecule has 3 rings (SSSR count). The van der Waals surface area contributed by atoms with Crippen LogP contribution >= 0.6 is 24.0 Å². The van der Waals surface area contributed by atoms with Crippen LogP contribution in [0.15, 0.2) is 41.5 Å². The minimum Gasteiger partial charge on any atom is -0.385 e. The van der Waals surface area contributed by atoms with Crippen LogP contribution in [0.5, 0.6) is 0 Å². The number of hydrogen-bond acceptors (Lipinski definition) is 4. The number of benzene rings is 1. The summed E-state index contributed by atoms with van der Waals surface area (Å²) >= 11 is 0. The van der Waals surface area contributed by atoms with Gasteiger partial charge >= 0.3 is 0 Å². The fourth-order valence-electron chi connectivity index (χ4n) is 3.13. The van der Waals surface area contributed by atoms with E-state index in [1.54, 1.807) is 7.11 Å². The van der Waals surface area contributed by atoms with Gasteiger partial charge in [-0.1, -0.05) is 18.2 Å². The highest BCUT2D eigenvalue weighted by Gasteiger charge is 2.05. The standard InChI is InChI=1S/C21H31N7O.HI/c1-17-25-26-20(27(17)2)16-24-21(23-12-7-15-29-3)22-11-6-13-28-14-10-18-8-4-5-9-19(18)28;/h4-5,8-10,14H,6-7,11-13,15-16H2,1-3H3,(H2,22,23,24);1H. The third-order valence-corrected chi connectivity index (χ3v) is 4.93. The van der Waals surface area contributed by atoms with Gasteiger partial charge in [-0.2, -0.15) is 0 Å². The summed E-state index contributed by atoms with van der Waals surface area (Å²) in [6, 6.07) is 10.6. The van der Waals surface area contributed by atoms with Gasteiger partial charge in [0, 0.05) is 52.1 Å². The molecule has 0 atom stereocenters. The number of para-hydroxylation sites is 1. The number of halogens is 1. The minimum absolute atomic E-state index is 0. The Morgan fingerprint density at radius 2 is 1.87 bits per heavy atom. The molecule has 2 N–H and O–H groups in total. The summed E-state index contributed by atoms with van der Waals surface area (Å²) in [6.45, 7) is 5.75. The van der Waals surface area contributed by atoms with Crippen molar-refractivity contribution >= 4 is 40.8 Å². The molecule has 0 amide bonds. The number of aromatic nitrogens is 4. The smallest absolute Gasteiger partial charge is 0.191 e. The quantitative estimate of drug-likeness (QED) is 0.184. The van der Waals surface area contributed by atoms with E-state index >= 15 is 0 Å². The van der Waals surface area contributed by atoms with Crippen LogP contribution in [0.2, 0.25) is 0 Å². The molecule has 30 heavy (non-hydrogen) atoms. The molecule has 0 bridgehead atoms. The molecule has 0 aliphatic carbocycles. The molecule has 0 radical (unpaired) electrons. The highest BCUT2D eigenvalue weighted by atomic mass is 127. The predicted octanol–water partition coefficient (Wildman–Crippen LogP) is 2.86. The zero-order valence-electron chi connectivity index (χ0n) is 18.0. The van der Waals surface area contributed by atoms with E-state index in [0.717, 1.165) is 56.7 Å². The molecular formula is C21H32IN7O. The number of nitrogens with zero attached hydrogens (tertiary/aromatic N) is 5. The van der Waals surface area contributed by atoms with Gasteiger partial charge in [0.1, 0.15) is 12.4 Å². The second-order valence-corrected chi connectivity index (χ2v) is 7.01. The van der Waals surface area contributed by atoms with E-state index in [-0.39, 0.29) is 24.0 Å². The van der Waals surface area contributed by atoms with Crippen LogP contribution in [-0.4, -0.2) is 52.1 Å². The molecule has 2 heterocycles. The lowest BCUT2D eigenvalue weighted by Crippen LogP contribution is -2.39. The molecule has 0 spiro atoms. The van der Waals surface area contributed by atoms with Crippen molar-refractivity contribution < 1.29 is 4.74 Å². The lowest BCUT2D eigenvalue weighted by atomic mass is 10.2. The number of hydrogen-bond donors (Lipinski definition) is 2.